The minimum Gasteiger partial charge on any atom is -0.370 e. The average Bonchev–Trinajstić information content (AvgIpc) is 3.16. The van der Waals surface area contributed by atoms with Crippen molar-refractivity contribution < 1.29 is 21.6 Å². The molecule has 2 spiro atoms. The number of nitrogens with one attached hydrogen (secondary N) is 1. The third kappa shape index (κ3) is 3.03. The molecule has 5 rings (SSSR count). The number of sulfonamides is 1. The number of likely N-dealkylation sites (tertiary alicyclic amines) is 1. The van der Waals surface area contributed by atoms with Gasteiger partial charge in [0.2, 0.25) is 5.95 Å². The van der Waals surface area contributed by atoms with Crippen molar-refractivity contribution >= 4 is 33.1 Å². The Morgan fingerprint density at radius 2 is 1.91 bits per heavy atom. The van der Waals surface area contributed by atoms with Crippen LogP contribution in [-0.4, -0.2) is 50.5 Å². The number of anilines is 2. The van der Waals surface area contributed by atoms with Crippen molar-refractivity contribution in [3.8, 4) is 0 Å². The number of benzene rings is 1. The van der Waals surface area contributed by atoms with Gasteiger partial charge in [-0.3, -0.25) is 9.62 Å². The fraction of sp³-hybridized carbons (Fsp3) is 0.476. The molecule has 2 atom stereocenters. The van der Waals surface area contributed by atoms with E-state index in [0.717, 1.165) is 44.4 Å². The largest absolute Gasteiger partial charge is 0.370 e. The molecule has 2 aliphatic heterocycles. The number of hydrogen-bond donors (Lipinski definition) is 1. The highest BCUT2D eigenvalue weighted by Gasteiger charge is 2.66. The monoisotopic (exact) mass is 486 g/mol. The Kier molecular flexibility index (Phi) is 4.92. The van der Waals surface area contributed by atoms with Gasteiger partial charge in [-0.05, 0) is 44.9 Å². The predicted molar refractivity (Wildman–Crippen MR) is 115 cm³/mol. The van der Waals surface area contributed by atoms with Crippen molar-refractivity contribution in [3.63, 3.8) is 0 Å². The summed E-state index contributed by atoms with van der Waals surface area (Å²) in [4.78, 5) is 6.36. The van der Waals surface area contributed by atoms with Crippen molar-refractivity contribution in [1.29, 1.82) is 0 Å². The van der Waals surface area contributed by atoms with Gasteiger partial charge in [-0.1, -0.05) is 17.7 Å². The highest BCUT2D eigenvalue weighted by Crippen LogP contribution is 2.63. The lowest BCUT2D eigenvalue weighted by molar-refractivity contribution is -0.162. The molecule has 1 saturated carbocycles. The molecule has 3 aliphatic rings. The van der Waals surface area contributed by atoms with Crippen LogP contribution in [0.3, 0.4) is 0 Å². The Labute approximate surface area is 189 Å². The number of pyridine rings is 1. The number of hydrogen-bond acceptors (Lipinski definition) is 5. The van der Waals surface area contributed by atoms with Crippen molar-refractivity contribution in [1.82, 2.24) is 9.88 Å². The van der Waals surface area contributed by atoms with Gasteiger partial charge < -0.3 is 4.90 Å². The minimum absolute atomic E-state index is 0.0611. The topological polar surface area (TPSA) is 65.5 Å². The van der Waals surface area contributed by atoms with E-state index in [0.29, 0.717) is 13.1 Å². The first kappa shape index (κ1) is 21.8. The Balaban J connectivity index is 1.45. The highest BCUT2D eigenvalue weighted by atomic mass is 35.5. The molecule has 2 aromatic rings. The summed E-state index contributed by atoms with van der Waals surface area (Å²) in [6.45, 7) is 2.25. The second kappa shape index (κ2) is 7.23. The molecule has 1 aromatic heterocycles. The maximum Gasteiger partial charge on any atom is 0.268 e. The fourth-order valence-electron chi connectivity index (χ4n) is 5.72. The Hall–Kier alpha value is -2.04. The molecule has 1 aromatic carbocycles. The normalized spacial score (nSPS) is 27.6. The number of nitrogens with zero attached hydrogens (tertiary/aromatic N) is 3. The van der Waals surface area contributed by atoms with Crippen LogP contribution in [0, 0.1) is 23.0 Å². The van der Waals surface area contributed by atoms with E-state index in [1.807, 2.05) is 9.62 Å². The van der Waals surface area contributed by atoms with Crippen LogP contribution in [0.2, 0.25) is 5.02 Å². The fourth-order valence-corrected chi connectivity index (χ4v) is 7.19. The lowest BCUT2D eigenvalue weighted by atomic mass is 9.49. The summed E-state index contributed by atoms with van der Waals surface area (Å²) < 4.78 is 70.5. The van der Waals surface area contributed by atoms with Crippen molar-refractivity contribution in [2.45, 2.75) is 36.1 Å². The van der Waals surface area contributed by atoms with Gasteiger partial charge in [0.25, 0.3) is 10.0 Å². The molecule has 0 radical (unpaired) electrons. The van der Waals surface area contributed by atoms with E-state index in [1.54, 1.807) is 0 Å². The van der Waals surface area contributed by atoms with Gasteiger partial charge in [0.1, 0.15) is 16.7 Å². The first-order valence-corrected chi connectivity index (χ1v) is 12.2. The molecule has 0 bridgehead atoms. The summed E-state index contributed by atoms with van der Waals surface area (Å²) in [6, 6.07) is 4.37. The van der Waals surface area contributed by atoms with Crippen molar-refractivity contribution in [2.75, 3.05) is 36.3 Å². The summed E-state index contributed by atoms with van der Waals surface area (Å²) in [7, 11) is -2.62. The molecular weight excluding hydrogens is 465 g/mol. The SMILES string of the molecule is CN1CCC12CCC21CCN(c2cc(F)c(S(=O)(=O)Nc3cccc(F)n3)c(F)c2Cl)C1. The Morgan fingerprint density at radius 1 is 1.12 bits per heavy atom. The standard InChI is InChI=1S/C21H22ClF3N4O2S/c1-28-9-8-21(28)6-5-20(21)7-10-29(12-20)14-11-13(23)19(18(25)17(14)22)32(30,31)27-16-4-2-3-15(24)26-16/h2-4,11H,5-10,12H2,1H3,(H,26,27). The number of fused-ring (bicyclic) bond motifs is 1. The van der Waals surface area contributed by atoms with E-state index >= 15 is 4.39 Å². The molecule has 2 unspecified atom stereocenters. The van der Waals surface area contributed by atoms with Gasteiger partial charge in [0.05, 0.1) is 5.69 Å². The maximum atomic E-state index is 15.1. The van der Waals surface area contributed by atoms with Crippen LogP contribution in [0.25, 0.3) is 0 Å². The summed E-state index contributed by atoms with van der Waals surface area (Å²) in [5.41, 5.74) is 0.354. The molecular formula is C21H22ClF3N4O2S. The average molecular weight is 487 g/mol. The molecule has 3 heterocycles. The molecule has 1 N–H and O–H groups in total. The van der Waals surface area contributed by atoms with E-state index in [2.05, 4.69) is 16.9 Å². The minimum atomic E-state index is -4.73. The van der Waals surface area contributed by atoms with Crippen LogP contribution in [-0.2, 0) is 10.0 Å². The van der Waals surface area contributed by atoms with E-state index in [-0.39, 0.29) is 16.6 Å². The summed E-state index contributed by atoms with van der Waals surface area (Å²) in [5.74, 6) is -3.98. The second-order valence-electron chi connectivity index (χ2n) is 8.94. The number of rotatable bonds is 4. The van der Waals surface area contributed by atoms with Crippen LogP contribution in [0.5, 0.6) is 0 Å². The lowest BCUT2D eigenvalue weighted by Crippen LogP contribution is -2.73. The van der Waals surface area contributed by atoms with Gasteiger partial charge in [0, 0.05) is 36.7 Å². The van der Waals surface area contributed by atoms with Crippen molar-refractivity contribution in [3.05, 3.63) is 46.9 Å². The van der Waals surface area contributed by atoms with Gasteiger partial charge in [-0.25, -0.2) is 22.2 Å². The van der Waals surface area contributed by atoms with E-state index in [9.17, 15) is 17.2 Å². The van der Waals surface area contributed by atoms with E-state index < -0.39 is 43.3 Å². The molecule has 6 nitrogen and oxygen atoms in total. The van der Waals surface area contributed by atoms with E-state index in [1.165, 1.54) is 12.1 Å². The molecule has 2 saturated heterocycles. The Bertz CT molecular complexity index is 1210. The van der Waals surface area contributed by atoms with Gasteiger partial charge in [0.15, 0.2) is 10.7 Å². The number of halogens is 4. The van der Waals surface area contributed by atoms with E-state index in [4.69, 9.17) is 11.6 Å². The quantitative estimate of drug-likeness (QED) is 0.522. The molecule has 0 amide bonds. The van der Waals surface area contributed by atoms with Crippen LogP contribution >= 0.6 is 11.6 Å². The molecule has 32 heavy (non-hydrogen) atoms. The third-order valence-electron chi connectivity index (χ3n) is 7.61. The highest BCUT2D eigenvalue weighted by molar-refractivity contribution is 7.92. The van der Waals surface area contributed by atoms with Gasteiger partial charge in [-0.2, -0.15) is 4.39 Å². The van der Waals surface area contributed by atoms with Crippen LogP contribution < -0.4 is 9.62 Å². The molecule has 1 aliphatic carbocycles. The first-order chi connectivity index (χ1) is 15.1. The zero-order valence-electron chi connectivity index (χ0n) is 17.3. The zero-order valence-corrected chi connectivity index (χ0v) is 18.9. The van der Waals surface area contributed by atoms with Gasteiger partial charge in [-0.15, -0.1) is 0 Å². The Morgan fingerprint density at radius 3 is 2.50 bits per heavy atom. The number of aromatic nitrogens is 1. The molecule has 3 fully saturated rings. The second-order valence-corrected chi connectivity index (χ2v) is 10.9. The molecule has 172 valence electrons. The molecule has 11 heteroatoms. The lowest BCUT2D eigenvalue weighted by Gasteiger charge is -2.68. The van der Waals surface area contributed by atoms with Gasteiger partial charge >= 0.3 is 0 Å². The summed E-state index contributed by atoms with van der Waals surface area (Å²) in [6.07, 6.45) is 4.17. The third-order valence-corrected chi connectivity index (χ3v) is 9.36. The predicted octanol–water partition coefficient (Wildman–Crippen LogP) is 4.02. The zero-order chi connectivity index (χ0) is 22.9. The first-order valence-electron chi connectivity index (χ1n) is 10.4. The summed E-state index contributed by atoms with van der Waals surface area (Å²) >= 11 is 6.22. The summed E-state index contributed by atoms with van der Waals surface area (Å²) in [5, 5.41) is -0.452. The van der Waals surface area contributed by atoms with Crippen LogP contribution in [0.1, 0.15) is 25.7 Å². The smallest absolute Gasteiger partial charge is 0.268 e. The van der Waals surface area contributed by atoms with Crippen LogP contribution in [0.4, 0.5) is 24.7 Å². The van der Waals surface area contributed by atoms with Crippen LogP contribution in [0.15, 0.2) is 29.2 Å². The maximum absolute atomic E-state index is 15.1. The van der Waals surface area contributed by atoms with Crippen molar-refractivity contribution in [2.24, 2.45) is 5.41 Å².